The number of non-ortho nitro benzene ring substituents is 1. The van der Waals surface area contributed by atoms with Crippen LogP contribution in [0.4, 0.5) is 10.1 Å². The van der Waals surface area contributed by atoms with Crippen molar-refractivity contribution in [1.29, 1.82) is 0 Å². The molecule has 1 amide bonds. The number of halogens is 2. The zero-order chi connectivity index (χ0) is 16.3. The molecule has 0 unspecified atom stereocenters. The molecule has 0 N–H and O–H groups in total. The first-order chi connectivity index (χ1) is 10.4. The largest absolute Gasteiger partial charge is 0.337 e. The Labute approximate surface area is 131 Å². The molecular formula is C15H12ClFN2O3. The molecule has 0 bridgehead atoms. The second-order valence-electron chi connectivity index (χ2n) is 4.67. The fraction of sp³-hybridized carbons (Fsp3) is 0.133. The number of benzene rings is 2. The average molecular weight is 323 g/mol. The summed E-state index contributed by atoms with van der Waals surface area (Å²) in [5.41, 5.74) is 0.306. The molecule has 0 aliphatic rings. The molecule has 0 heterocycles. The summed E-state index contributed by atoms with van der Waals surface area (Å²) >= 11 is 5.92. The number of hydrogen-bond donors (Lipinski definition) is 0. The Hall–Kier alpha value is -2.47. The lowest BCUT2D eigenvalue weighted by atomic mass is 10.1. The fourth-order valence-corrected chi connectivity index (χ4v) is 2.21. The van der Waals surface area contributed by atoms with Crippen LogP contribution >= 0.6 is 11.6 Å². The lowest BCUT2D eigenvalue weighted by molar-refractivity contribution is -0.384. The van der Waals surface area contributed by atoms with Crippen molar-refractivity contribution in [1.82, 2.24) is 4.90 Å². The van der Waals surface area contributed by atoms with Crippen molar-refractivity contribution in [2.24, 2.45) is 0 Å². The van der Waals surface area contributed by atoms with Crippen LogP contribution < -0.4 is 0 Å². The van der Waals surface area contributed by atoms with Gasteiger partial charge in [-0.2, -0.15) is 0 Å². The fourth-order valence-electron chi connectivity index (χ4n) is 1.95. The molecule has 22 heavy (non-hydrogen) atoms. The molecule has 0 aliphatic carbocycles. The third-order valence-corrected chi connectivity index (χ3v) is 3.42. The molecule has 5 nitrogen and oxygen atoms in total. The highest BCUT2D eigenvalue weighted by molar-refractivity contribution is 6.34. The molecule has 2 aromatic carbocycles. The van der Waals surface area contributed by atoms with Crippen LogP contribution in [0.1, 0.15) is 15.9 Å². The Morgan fingerprint density at radius 3 is 2.59 bits per heavy atom. The van der Waals surface area contributed by atoms with Gasteiger partial charge in [-0.3, -0.25) is 14.9 Å². The van der Waals surface area contributed by atoms with Gasteiger partial charge in [0.15, 0.2) is 0 Å². The second-order valence-corrected chi connectivity index (χ2v) is 5.08. The predicted molar refractivity (Wildman–Crippen MR) is 80.3 cm³/mol. The third-order valence-electron chi connectivity index (χ3n) is 3.11. The normalized spacial score (nSPS) is 10.3. The molecule has 0 atom stereocenters. The number of carbonyl (C=O) groups excluding carboxylic acids is 1. The molecule has 0 radical (unpaired) electrons. The smallest absolute Gasteiger partial charge is 0.270 e. The van der Waals surface area contributed by atoms with E-state index in [1.165, 1.54) is 30.1 Å². The van der Waals surface area contributed by atoms with Gasteiger partial charge < -0.3 is 4.90 Å². The number of carbonyl (C=O) groups is 1. The van der Waals surface area contributed by atoms with Crippen molar-refractivity contribution in [2.75, 3.05) is 7.05 Å². The van der Waals surface area contributed by atoms with Crippen molar-refractivity contribution < 1.29 is 14.1 Å². The predicted octanol–water partition coefficient (Wildman–Crippen LogP) is 3.66. The average Bonchev–Trinajstić information content (AvgIpc) is 2.48. The Kier molecular flexibility index (Phi) is 4.72. The zero-order valence-corrected chi connectivity index (χ0v) is 12.4. The summed E-state index contributed by atoms with van der Waals surface area (Å²) in [6.07, 6.45) is 0. The van der Waals surface area contributed by atoms with E-state index < -0.39 is 16.6 Å². The van der Waals surface area contributed by atoms with Gasteiger partial charge in [0.1, 0.15) is 5.82 Å². The van der Waals surface area contributed by atoms with Crippen LogP contribution in [0.2, 0.25) is 5.02 Å². The monoisotopic (exact) mass is 322 g/mol. The number of nitrogens with zero attached hydrogens (tertiary/aromatic N) is 2. The number of hydrogen-bond acceptors (Lipinski definition) is 3. The lowest BCUT2D eigenvalue weighted by Gasteiger charge is -2.18. The molecule has 0 fully saturated rings. The van der Waals surface area contributed by atoms with Crippen molar-refractivity contribution >= 4 is 23.2 Å². The third kappa shape index (κ3) is 3.40. The summed E-state index contributed by atoms with van der Waals surface area (Å²) in [5, 5.41) is 10.6. The molecule has 0 spiro atoms. The Bertz CT molecular complexity index is 736. The maximum Gasteiger partial charge on any atom is 0.270 e. The number of rotatable bonds is 4. The minimum absolute atomic E-state index is 0.0143. The van der Waals surface area contributed by atoms with E-state index in [-0.39, 0.29) is 22.8 Å². The van der Waals surface area contributed by atoms with Crippen LogP contribution in [0.15, 0.2) is 42.5 Å². The van der Waals surface area contributed by atoms with E-state index in [2.05, 4.69) is 0 Å². The van der Waals surface area contributed by atoms with E-state index in [1.807, 2.05) is 0 Å². The van der Waals surface area contributed by atoms with Crippen LogP contribution in [0.3, 0.4) is 0 Å². The highest BCUT2D eigenvalue weighted by atomic mass is 35.5. The van der Waals surface area contributed by atoms with Gasteiger partial charge in [0.05, 0.1) is 15.5 Å². The highest BCUT2D eigenvalue weighted by Gasteiger charge is 2.19. The standard InChI is InChI=1S/C15H12ClFN2O3/c1-18(9-10-4-2-3-5-14(10)17)15(20)12-7-6-11(19(21)22)8-13(12)16/h2-8H,9H2,1H3. The van der Waals surface area contributed by atoms with E-state index >= 15 is 0 Å². The van der Waals surface area contributed by atoms with Crippen LogP contribution in [-0.4, -0.2) is 22.8 Å². The zero-order valence-electron chi connectivity index (χ0n) is 11.6. The van der Waals surface area contributed by atoms with Gasteiger partial charge in [-0.05, 0) is 12.1 Å². The summed E-state index contributed by atoms with van der Waals surface area (Å²) < 4.78 is 13.6. The molecule has 2 aromatic rings. The number of nitro benzene ring substituents is 1. The maximum atomic E-state index is 13.6. The molecule has 2 rings (SSSR count). The SMILES string of the molecule is CN(Cc1ccccc1F)C(=O)c1ccc([N+](=O)[O-])cc1Cl. The van der Waals surface area contributed by atoms with E-state index in [4.69, 9.17) is 11.6 Å². The first kappa shape index (κ1) is 15.9. The maximum absolute atomic E-state index is 13.6. The first-order valence-corrected chi connectivity index (χ1v) is 6.70. The van der Waals surface area contributed by atoms with Crippen LogP contribution in [-0.2, 0) is 6.54 Å². The van der Waals surface area contributed by atoms with Gasteiger partial charge in [-0.25, -0.2) is 4.39 Å². The molecule has 114 valence electrons. The van der Waals surface area contributed by atoms with E-state index in [0.29, 0.717) is 5.56 Å². The van der Waals surface area contributed by atoms with Gasteiger partial charge in [0, 0.05) is 31.3 Å². The van der Waals surface area contributed by atoms with E-state index in [1.54, 1.807) is 18.2 Å². The van der Waals surface area contributed by atoms with Gasteiger partial charge in [0.25, 0.3) is 11.6 Å². The van der Waals surface area contributed by atoms with Crippen molar-refractivity contribution in [3.05, 3.63) is 74.5 Å². The van der Waals surface area contributed by atoms with Crippen molar-refractivity contribution in [2.45, 2.75) is 6.54 Å². The summed E-state index contributed by atoms with van der Waals surface area (Å²) in [6.45, 7) is 0.0683. The minimum atomic E-state index is -0.594. The Morgan fingerprint density at radius 2 is 2.00 bits per heavy atom. The molecule has 0 saturated carbocycles. The van der Waals surface area contributed by atoms with E-state index in [0.717, 1.165) is 6.07 Å². The van der Waals surface area contributed by atoms with Gasteiger partial charge in [-0.15, -0.1) is 0 Å². The van der Waals surface area contributed by atoms with Crippen LogP contribution in [0.25, 0.3) is 0 Å². The summed E-state index contributed by atoms with van der Waals surface area (Å²) in [5.74, 6) is -0.847. The molecular weight excluding hydrogens is 311 g/mol. The van der Waals surface area contributed by atoms with Gasteiger partial charge >= 0.3 is 0 Å². The summed E-state index contributed by atoms with van der Waals surface area (Å²) in [6, 6.07) is 9.74. The van der Waals surface area contributed by atoms with E-state index in [9.17, 15) is 19.3 Å². The highest BCUT2D eigenvalue weighted by Crippen LogP contribution is 2.24. The molecule has 0 aliphatic heterocycles. The Balaban J connectivity index is 2.21. The van der Waals surface area contributed by atoms with Gasteiger partial charge in [-0.1, -0.05) is 29.8 Å². The van der Waals surface area contributed by atoms with Crippen LogP contribution in [0.5, 0.6) is 0 Å². The van der Waals surface area contributed by atoms with Gasteiger partial charge in [0.2, 0.25) is 0 Å². The molecule has 0 aromatic heterocycles. The summed E-state index contributed by atoms with van der Waals surface area (Å²) in [7, 11) is 1.51. The lowest BCUT2D eigenvalue weighted by Crippen LogP contribution is -2.26. The minimum Gasteiger partial charge on any atom is -0.337 e. The number of nitro groups is 1. The quantitative estimate of drug-likeness (QED) is 0.637. The number of amides is 1. The molecule has 0 saturated heterocycles. The van der Waals surface area contributed by atoms with Crippen molar-refractivity contribution in [3.8, 4) is 0 Å². The van der Waals surface area contributed by atoms with Crippen molar-refractivity contribution in [3.63, 3.8) is 0 Å². The second kappa shape index (κ2) is 6.53. The Morgan fingerprint density at radius 1 is 1.32 bits per heavy atom. The van der Waals surface area contributed by atoms with Crippen LogP contribution in [0, 0.1) is 15.9 Å². The topological polar surface area (TPSA) is 63.5 Å². The first-order valence-electron chi connectivity index (χ1n) is 6.33. The molecule has 7 heteroatoms. The summed E-state index contributed by atoms with van der Waals surface area (Å²) in [4.78, 5) is 23.7.